The van der Waals surface area contributed by atoms with E-state index in [9.17, 15) is 8.42 Å². The lowest BCUT2D eigenvalue weighted by Gasteiger charge is -2.61. The molecule has 0 unspecified atom stereocenters. The topological polar surface area (TPSA) is 52.6 Å². The Balaban J connectivity index is 1.18. The molecule has 194 valence electrons. The van der Waals surface area contributed by atoms with Crippen molar-refractivity contribution in [2.24, 2.45) is 51.8 Å². The highest BCUT2D eigenvalue weighted by atomic mass is 32.2. The summed E-state index contributed by atoms with van der Waals surface area (Å²) >= 11 is 0. The average Bonchev–Trinajstić information content (AvgIpc) is 3.34. The molecule has 1 aromatic rings. The highest BCUT2D eigenvalue weighted by Crippen LogP contribution is 2.82. The fraction of sp³-hybridized carbons (Fsp3) is 0.800. The van der Waals surface area contributed by atoms with Gasteiger partial charge in [-0.1, -0.05) is 38.5 Å². The molecule has 35 heavy (non-hydrogen) atoms. The predicted molar refractivity (Wildman–Crippen MR) is 137 cm³/mol. The van der Waals surface area contributed by atoms with Crippen molar-refractivity contribution in [1.82, 2.24) is 0 Å². The summed E-state index contributed by atoms with van der Waals surface area (Å²) in [6.45, 7) is 9.61. The number of rotatable bonds is 6. The molecule has 5 fully saturated rings. The van der Waals surface area contributed by atoms with Crippen LogP contribution in [0.15, 0.2) is 29.2 Å². The van der Waals surface area contributed by atoms with E-state index in [4.69, 9.17) is 8.92 Å². The van der Waals surface area contributed by atoms with E-state index in [1.54, 1.807) is 12.1 Å². The van der Waals surface area contributed by atoms with Gasteiger partial charge in [-0.05, 0) is 117 Å². The van der Waals surface area contributed by atoms with Gasteiger partial charge in [0.1, 0.15) is 0 Å². The van der Waals surface area contributed by atoms with Crippen molar-refractivity contribution < 1.29 is 17.3 Å². The first-order valence-corrected chi connectivity index (χ1v) is 15.5. The summed E-state index contributed by atoms with van der Waals surface area (Å²) < 4.78 is 37.5. The molecule has 0 heterocycles. The maximum Gasteiger partial charge on any atom is 0.296 e. The minimum Gasteiger partial charge on any atom is -0.381 e. The highest BCUT2D eigenvalue weighted by Gasteiger charge is 2.77. The lowest BCUT2D eigenvalue weighted by Crippen LogP contribution is -2.57. The third-order valence-electron chi connectivity index (χ3n) is 12.4. The zero-order valence-corrected chi connectivity index (χ0v) is 23.1. The minimum absolute atomic E-state index is 0.227. The van der Waals surface area contributed by atoms with E-state index in [-0.39, 0.29) is 22.8 Å². The minimum atomic E-state index is -3.72. The number of ether oxygens (including phenoxy) is 1. The van der Waals surface area contributed by atoms with Gasteiger partial charge in [0.05, 0.1) is 17.6 Å². The molecule has 0 radical (unpaired) electrons. The summed E-state index contributed by atoms with van der Waals surface area (Å²) in [5, 5.41) is 0. The zero-order valence-electron chi connectivity index (χ0n) is 22.3. The lowest BCUT2D eigenvalue weighted by atomic mass is 9.45. The molecule has 0 saturated heterocycles. The monoisotopic (exact) mass is 500 g/mol. The molecule has 10 atom stereocenters. The summed E-state index contributed by atoms with van der Waals surface area (Å²) in [4.78, 5) is 0.260. The summed E-state index contributed by atoms with van der Waals surface area (Å²) in [6, 6.07) is 6.97. The zero-order chi connectivity index (χ0) is 24.8. The number of fused-ring (bicyclic) bond motifs is 4. The van der Waals surface area contributed by atoms with Gasteiger partial charge in [0.25, 0.3) is 10.1 Å². The van der Waals surface area contributed by atoms with E-state index in [0.717, 1.165) is 29.2 Å². The Morgan fingerprint density at radius 2 is 1.77 bits per heavy atom. The molecule has 0 N–H and O–H groups in total. The summed E-state index contributed by atoms with van der Waals surface area (Å²) in [5.41, 5.74) is 2.25. The van der Waals surface area contributed by atoms with E-state index in [1.165, 1.54) is 51.4 Å². The van der Waals surface area contributed by atoms with Crippen LogP contribution in [0.5, 0.6) is 0 Å². The Labute approximate surface area is 212 Å². The third-order valence-corrected chi connectivity index (χ3v) is 13.7. The van der Waals surface area contributed by atoms with E-state index in [1.807, 2.05) is 26.2 Å². The van der Waals surface area contributed by atoms with Crippen LogP contribution in [0.25, 0.3) is 0 Å². The summed E-state index contributed by atoms with van der Waals surface area (Å²) in [7, 11) is -1.76. The quantitative estimate of drug-likeness (QED) is 0.412. The van der Waals surface area contributed by atoms with Gasteiger partial charge in [0.2, 0.25) is 0 Å². The van der Waals surface area contributed by atoms with Gasteiger partial charge < -0.3 is 4.74 Å². The smallest absolute Gasteiger partial charge is 0.296 e. The van der Waals surface area contributed by atoms with Crippen LogP contribution >= 0.6 is 0 Å². The molecule has 5 heteroatoms. The Bertz CT molecular complexity index is 1080. The molecule has 5 aliphatic rings. The molecule has 0 aromatic heterocycles. The van der Waals surface area contributed by atoms with Crippen molar-refractivity contribution in [3.63, 3.8) is 0 Å². The Hall–Kier alpha value is -0.910. The van der Waals surface area contributed by atoms with Gasteiger partial charge in [-0.15, -0.1) is 0 Å². The van der Waals surface area contributed by atoms with Crippen LogP contribution in [0.3, 0.4) is 0 Å². The number of hydrogen-bond acceptors (Lipinski definition) is 4. The molecule has 6 rings (SSSR count). The molecule has 1 aromatic carbocycles. The fourth-order valence-electron chi connectivity index (χ4n) is 10.6. The lowest BCUT2D eigenvalue weighted by molar-refractivity contribution is -0.161. The van der Waals surface area contributed by atoms with Crippen LogP contribution < -0.4 is 0 Å². The predicted octanol–water partition coefficient (Wildman–Crippen LogP) is 6.62. The number of hydrogen-bond donors (Lipinski definition) is 0. The van der Waals surface area contributed by atoms with E-state index >= 15 is 0 Å². The van der Waals surface area contributed by atoms with Crippen molar-refractivity contribution in [3.05, 3.63) is 29.8 Å². The van der Waals surface area contributed by atoms with E-state index < -0.39 is 10.1 Å². The second kappa shape index (κ2) is 8.04. The second-order valence-corrected chi connectivity index (χ2v) is 15.1. The van der Waals surface area contributed by atoms with Gasteiger partial charge >= 0.3 is 0 Å². The molecule has 0 aliphatic heterocycles. The van der Waals surface area contributed by atoms with E-state index in [2.05, 4.69) is 20.8 Å². The van der Waals surface area contributed by atoms with Crippen LogP contribution in [0.1, 0.15) is 77.7 Å². The first-order chi connectivity index (χ1) is 16.6. The van der Waals surface area contributed by atoms with Crippen molar-refractivity contribution in [1.29, 1.82) is 0 Å². The summed E-state index contributed by atoms with van der Waals surface area (Å²) in [5.74, 6) is 3.98. The van der Waals surface area contributed by atoms with Crippen molar-refractivity contribution in [3.8, 4) is 0 Å². The van der Waals surface area contributed by atoms with Gasteiger partial charge in [0, 0.05) is 12.5 Å². The second-order valence-electron chi connectivity index (χ2n) is 13.5. The average molecular weight is 501 g/mol. The van der Waals surface area contributed by atoms with Gasteiger partial charge in [-0.3, -0.25) is 4.18 Å². The fourth-order valence-corrected chi connectivity index (χ4v) is 11.6. The highest BCUT2D eigenvalue weighted by molar-refractivity contribution is 7.86. The molecule has 0 amide bonds. The van der Waals surface area contributed by atoms with Crippen molar-refractivity contribution in [2.45, 2.75) is 90.1 Å². The van der Waals surface area contributed by atoms with Crippen LogP contribution in [0, 0.1) is 58.7 Å². The SMILES string of the molecule is CO[C@@H]1C[C@H]2[C@@H]3CC[C@H]([C@H](C)COS(=O)(=O)c4ccc(C)cc4)[C@@]3(C)CC[C@@H]2[C@@]2(C)CC[C@@H]3C[C@]312. The largest absolute Gasteiger partial charge is 0.381 e. The Kier molecular flexibility index (Phi) is 5.61. The molecule has 1 spiro atoms. The van der Waals surface area contributed by atoms with Crippen LogP contribution in [-0.4, -0.2) is 28.2 Å². The van der Waals surface area contributed by atoms with Crippen LogP contribution in [-0.2, 0) is 19.0 Å². The molecule has 5 aliphatic carbocycles. The number of aryl methyl sites for hydroxylation is 1. The normalized spacial score (nSPS) is 46.9. The van der Waals surface area contributed by atoms with Gasteiger partial charge in [0.15, 0.2) is 0 Å². The number of benzene rings is 1. The third kappa shape index (κ3) is 3.32. The molecule has 0 bridgehead atoms. The van der Waals surface area contributed by atoms with Gasteiger partial charge in [-0.25, -0.2) is 0 Å². The molecule has 5 saturated carbocycles. The summed E-state index contributed by atoms with van der Waals surface area (Å²) in [6.07, 6.45) is 11.0. The molecule has 4 nitrogen and oxygen atoms in total. The van der Waals surface area contributed by atoms with Crippen molar-refractivity contribution >= 4 is 10.1 Å². The standard InChI is InChI=1S/C30H44O4S/c1-19-6-8-22(9-7-19)35(31,32)34-18-20(2)24-10-11-25-23-16-27(33-5)30-17-21(30)12-15-29(30,4)26(23)13-14-28(24,25)3/h6-9,20-21,23-27H,10-18H2,1-5H3/t20-,21-,23+,24-,25+,26+,27-,28-,29-,30+/m1/s1. The molecular formula is C30H44O4S. The molecular weight excluding hydrogens is 456 g/mol. The first-order valence-electron chi connectivity index (χ1n) is 14.1. The number of methoxy groups -OCH3 is 1. The van der Waals surface area contributed by atoms with Gasteiger partial charge in [-0.2, -0.15) is 8.42 Å². The maximum atomic E-state index is 12.8. The maximum absolute atomic E-state index is 12.8. The Morgan fingerprint density at radius 3 is 2.46 bits per heavy atom. The first kappa shape index (κ1) is 24.4. The van der Waals surface area contributed by atoms with Crippen molar-refractivity contribution in [2.75, 3.05) is 13.7 Å². The Morgan fingerprint density at radius 1 is 1.03 bits per heavy atom. The van der Waals surface area contributed by atoms with Crippen LogP contribution in [0.4, 0.5) is 0 Å². The van der Waals surface area contributed by atoms with E-state index in [0.29, 0.717) is 22.9 Å². The van der Waals surface area contributed by atoms with Crippen LogP contribution in [0.2, 0.25) is 0 Å².